The fourth-order valence-electron chi connectivity index (χ4n) is 4.55. The molecule has 0 unspecified atom stereocenters. The summed E-state index contributed by atoms with van der Waals surface area (Å²) in [6.45, 7) is 2.29. The lowest BCUT2D eigenvalue weighted by molar-refractivity contribution is 0.609. The molecule has 152 valence electrons. The van der Waals surface area contributed by atoms with Gasteiger partial charge in [0.05, 0.1) is 28.2 Å². The Bertz CT molecular complexity index is 1490. The van der Waals surface area contributed by atoms with Crippen LogP contribution in [0.2, 0.25) is 0 Å². The molecule has 4 aromatic heterocycles. The summed E-state index contributed by atoms with van der Waals surface area (Å²) >= 11 is 7.93. The van der Waals surface area contributed by atoms with E-state index < -0.39 is 0 Å². The van der Waals surface area contributed by atoms with Crippen LogP contribution in [-0.2, 0) is 6.42 Å². The number of hydrogen-bond acceptors (Lipinski definition) is 4. The first kappa shape index (κ1) is 19.2. The largest absolute Gasteiger partial charge is 0.142 e. The van der Waals surface area contributed by atoms with Gasteiger partial charge in [0.15, 0.2) is 0 Å². The molecule has 2 aromatic carbocycles. The predicted octanol–water partition coefficient (Wildman–Crippen LogP) is 10.6. The smallest absolute Gasteiger partial charge is 0.0543 e. The van der Waals surface area contributed by atoms with Crippen molar-refractivity contribution in [2.24, 2.45) is 0 Å². The molecule has 0 N–H and O–H groups in total. The van der Waals surface area contributed by atoms with Gasteiger partial charge in [-0.05, 0) is 41.1 Å². The van der Waals surface area contributed by atoms with E-state index in [9.17, 15) is 0 Å². The molecule has 0 spiro atoms. The fourth-order valence-corrected chi connectivity index (χ4v) is 9.79. The lowest BCUT2D eigenvalue weighted by Crippen LogP contribution is -1.82. The molecule has 0 aliphatic heterocycles. The van der Waals surface area contributed by atoms with Crippen molar-refractivity contribution in [1.82, 2.24) is 0 Å². The van der Waals surface area contributed by atoms with Crippen LogP contribution in [0.1, 0.15) is 50.3 Å². The zero-order valence-electron chi connectivity index (χ0n) is 17.1. The molecule has 0 saturated carbocycles. The van der Waals surface area contributed by atoms with Crippen LogP contribution in [0.3, 0.4) is 0 Å². The molecule has 0 radical (unpaired) electrons. The Balaban J connectivity index is 1.38. The van der Waals surface area contributed by atoms with Gasteiger partial charge in [-0.25, -0.2) is 0 Å². The Morgan fingerprint density at radius 2 is 1.27 bits per heavy atom. The summed E-state index contributed by atoms with van der Waals surface area (Å²) in [7, 11) is 0. The van der Waals surface area contributed by atoms with E-state index in [-0.39, 0.29) is 0 Å². The van der Waals surface area contributed by atoms with Gasteiger partial charge in [0.2, 0.25) is 0 Å². The van der Waals surface area contributed by atoms with E-state index in [1.807, 2.05) is 45.3 Å². The highest BCUT2D eigenvalue weighted by Crippen LogP contribution is 2.49. The van der Waals surface area contributed by atoms with Crippen molar-refractivity contribution in [3.63, 3.8) is 0 Å². The first-order chi connectivity index (χ1) is 14.8. The molecule has 4 heterocycles. The first-order valence-corrected chi connectivity index (χ1v) is 14.3. The summed E-state index contributed by atoms with van der Waals surface area (Å²) in [4.78, 5) is 1.56. The minimum absolute atomic E-state index is 1.24. The number of fused-ring (bicyclic) bond motifs is 9. The van der Waals surface area contributed by atoms with E-state index in [0.717, 1.165) is 0 Å². The second-order valence-electron chi connectivity index (χ2n) is 8.23. The molecular weight excluding hydrogens is 441 g/mol. The summed E-state index contributed by atoms with van der Waals surface area (Å²) < 4.78 is 8.90. The Kier molecular flexibility index (Phi) is 5.07. The molecule has 30 heavy (non-hydrogen) atoms. The van der Waals surface area contributed by atoms with Crippen molar-refractivity contribution in [2.45, 2.75) is 51.9 Å². The van der Waals surface area contributed by atoms with Crippen molar-refractivity contribution in [1.29, 1.82) is 0 Å². The third-order valence-electron chi connectivity index (χ3n) is 6.15. The number of hydrogen-bond donors (Lipinski definition) is 0. The lowest BCUT2D eigenvalue weighted by atomic mass is 10.1. The number of benzene rings is 2. The molecule has 0 atom stereocenters. The van der Waals surface area contributed by atoms with Crippen LogP contribution < -0.4 is 0 Å². The summed E-state index contributed by atoms with van der Waals surface area (Å²) in [6, 6.07) is 14.1. The molecule has 4 heteroatoms. The standard InChI is InChI=1S/C26H24S4/c1-2-3-4-5-6-7-8-18-15-17-10-12-20-24(22(17)28-18)30-25-19-11-9-16-13-14-27-21(16)23(19)29-26(20)25/h9-15H,2-8H2,1H3. The minimum atomic E-state index is 1.24. The van der Waals surface area contributed by atoms with Crippen molar-refractivity contribution in [2.75, 3.05) is 0 Å². The zero-order valence-corrected chi connectivity index (χ0v) is 20.4. The number of thiophene rings is 4. The summed E-state index contributed by atoms with van der Waals surface area (Å²) in [6.07, 6.45) is 9.48. The highest BCUT2D eigenvalue weighted by molar-refractivity contribution is 7.39. The third kappa shape index (κ3) is 3.12. The molecule has 0 bridgehead atoms. The Labute approximate surface area is 192 Å². The highest BCUT2D eigenvalue weighted by Gasteiger charge is 2.17. The van der Waals surface area contributed by atoms with Crippen molar-refractivity contribution >= 4 is 95.1 Å². The van der Waals surface area contributed by atoms with Gasteiger partial charge in [0, 0.05) is 15.6 Å². The van der Waals surface area contributed by atoms with Gasteiger partial charge in [-0.3, -0.25) is 0 Å². The SMILES string of the molecule is CCCCCCCCc1cc2ccc3c(sc4c5ccc6ccsc6c5sc34)c2s1. The predicted molar refractivity (Wildman–Crippen MR) is 143 cm³/mol. The summed E-state index contributed by atoms with van der Waals surface area (Å²) in [5, 5.41) is 7.94. The Morgan fingerprint density at radius 3 is 2.07 bits per heavy atom. The second kappa shape index (κ2) is 7.90. The van der Waals surface area contributed by atoms with E-state index in [0.29, 0.717) is 0 Å². The maximum atomic E-state index is 2.45. The number of unbranched alkanes of at least 4 members (excludes halogenated alkanes) is 5. The quantitative estimate of drug-likeness (QED) is 0.206. The van der Waals surface area contributed by atoms with Gasteiger partial charge >= 0.3 is 0 Å². The normalized spacial score (nSPS) is 12.4. The first-order valence-electron chi connectivity index (χ1n) is 11.0. The van der Waals surface area contributed by atoms with Gasteiger partial charge in [-0.15, -0.1) is 45.3 Å². The van der Waals surface area contributed by atoms with Crippen LogP contribution in [0.5, 0.6) is 0 Å². The van der Waals surface area contributed by atoms with Gasteiger partial charge in [-0.1, -0.05) is 63.3 Å². The Morgan fingerprint density at radius 1 is 0.600 bits per heavy atom. The summed E-state index contributed by atoms with van der Waals surface area (Å²) in [5.74, 6) is 0. The fraction of sp³-hybridized carbons (Fsp3) is 0.308. The molecule has 6 rings (SSSR count). The maximum absolute atomic E-state index is 2.45. The third-order valence-corrected chi connectivity index (χ3v) is 11.2. The topological polar surface area (TPSA) is 0 Å². The Hall–Kier alpha value is -1.46. The zero-order chi connectivity index (χ0) is 20.1. The van der Waals surface area contributed by atoms with Crippen LogP contribution in [0.4, 0.5) is 0 Å². The number of rotatable bonds is 7. The molecule has 0 aliphatic rings. The van der Waals surface area contributed by atoms with E-state index in [2.05, 4.69) is 48.7 Å². The molecule has 0 amide bonds. The van der Waals surface area contributed by atoms with Crippen molar-refractivity contribution in [3.8, 4) is 0 Å². The maximum Gasteiger partial charge on any atom is 0.0543 e. The average molecular weight is 465 g/mol. The molecule has 0 fully saturated rings. The van der Waals surface area contributed by atoms with Crippen LogP contribution in [0.15, 0.2) is 41.8 Å². The highest BCUT2D eigenvalue weighted by atomic mass is 32.1. The van der Waals surface area contributed by atoms with Crippen molar-refractivity contribution < 1.29 is 0 Å². The van der Waals surface area contributed by atoms with E-state index in [4.69, 9.17) is 0 Å². The summed E-state index contributed by atoms with van der Waals surface area (Å²) in [5.41, 5.74) is 0. The average Bonchev–Trinajstić information content (AvgIpc) is 3.50. The van der Waals surface area contributed by atoms with Gasteiger partial charge in [0.25, 0.3) is 0 Å². The second-order valence-corrected chi connectivity index (χ2v) is 12.3. The van der Waals surface area contributed by atoms with Crippen LogP contribution in [-0.4, -0.2) is 0 Å². The monoisotopic (exact) mass is 464 g/mol. The molecule has 0 aliphatic carbocycles. The van der Waals surface area contributed by atoms with Crippen LogP contribution >= 0.6 is 45.3 Å². The molecule has 6 aromatic rings. The lowest BCUT2D eigenvalue weighted by Gasteiger charge is -1.98. The van der Waals surface area contributed by atoms with E-state index in [1.165, 1.54) is 94.7 Å². The van der Waals surface area contributed by atoms with Gasteiger partial charge < -0.3 is 0 Å². The molecule has 0 nitrogen and oxygen atoms in total. The number of aryl methyl sites for hydroxylation is 1. The van der Waals surface area contributed by atoms with Crippen LogP contribution in [0, 0.1) is 0 Å². The molecular formula is C26H24S4. The molecule has 0 saturated heterocycles. The van der Waals surface area contributed by atoms with E-state index >= 15 is 0 Å². The minimum Gasteiger partial charge on any atom is -0.142 e. The van der Waals surface area contributed by atoms with Gasteiger partial charge in [0.1, 0.15) is 0 Å². The van der Waals surface area contributed by atoms with Crippen molar-refractivity contribution in [3.05, 3.63) is 46.7 Å². The van der Waals surface area contributed by atoms with Crippen LogP contribution in [0.25, 0.3) is 49.7 Å². The van der Waals surface area contributed by atoms with E-state index in [1.54, 1.807) is 4.88 Å². The van der Waals surface area contributed by atoms with Gasteiger partial charge in [-0.2, -0.15) is 0 Å².